The molecule has 5 nitrogen and oxygen atoms in total. The molecule has 0 fully saturated rings. The lowest BCUT2D eigenvalue weighted by molar-refractivity contribution is 0.112. The Balaban J connectivity index is 1.90. The zero-order valence-electron chi connectivity index (χ0n) is 10.7. The number of sulfonamides is 1. The highest BCUT2D eigenvalue weighted by molar-refractivity contribution is 7.89. The molecule has 20 heavy (non-hydrogen) atoms. The van der Waals surface area contributed by atoms with Gasteiger partial charge in [0, 0.05) is 12.1 Å². The normalized spacial score (nSPS) is 15.8. The van der Waals surface area contributed by atoms with E-state index in [0.717, 1.165) is 5.56 Å². The molecule has 0 amide bonds. The SMILES string of the molecule is O=Cc1ccc(S(=O)(=O)N2CCc3ccoc3C2)cc1. The molecule has 0 N–H and O–H groups in total. The van der Waals surface area contributed by atoms with E-state index in [9.17, 15) is 13.2 Å². The van der Waals surface area contributed by atoms with E-state index in [1.54, 1.807) is 6.26 Å². The highest BCUT2D eigenvalue weighted by atomic mass is 32.2. The zero-order chi connectivity index (χ0) is 14.2. The minimum atomic E-state index is -3.55. The first-order valence-corrected chi connectivity index (χ1v) is 7.66. The molecule has 0 radical (unpaired) electrons. The smallest absolute Gasteiger partial charge is 0.243 e. The van der Waals surface area contributed by atoms with Crippen LogP contribution in [0.3, 0.4) is 0 Å². The maximum Gasteiger partial charge on any atom is 0.243 e. The van der Waals surface area contributed by atoms with Crippen molar-refractivity contribution in [2.75, 3.05) is 6.54 Å². The van der Waals surface area contributed by atoms with Crippen LogP contribution in [0.4, 0.5) is 0 Å². The Bertz CT molecular complexity index is 731. The highest BCUT2D eigenvalue weighted by Crippen LogP contribution is 2.25. The fourth-order valence-electron chi connectivity index (χ4n) is 2.29. The van der Waals surface area contributed by atoms with Gasteiger partial charge in [0.25, 0.3) is 0 Å². The van der Waals surface area contributed by atoms with Crippen LogP contribution >= 0.6 is 0 Å². The molecule has 1 aliphatic rings. The van der Waals surface area contributed by atoms with Crippen molar-refractivity contribution < 1.29 is 17.6 Å². The van der Waals surface area contributed by atoms with Crippen molar-refractivity contribution in [2.45, 2.75) is 17.9 Å². The summed E-state index contributed by atoms with van der Waals surface area (Å²) in [7, 11) is -3.55. The average Bonchev–Trinajstić information content (AvgIpc) is 2.94. The number of benzene rings is 1. The fraction of sp³-hybridized carbons (Fsp3) is 0.214. The average molecular weight is 291 g/mol. The maximum absolute atomic E-state index is 12.5. The van der Waals surface area contributed by atoms with Crippen LogP contribution in [-0.2, 0) is 23.0 Å². The monoisotopic (exact) mass is 291 g/mol. The van der Waals surface area contributed by atoms with Gasteiger partial charge in [0.05, 0.1) is 17.7 Å². The summed E-state index contributed by atoms with van der Waals surface area (Å²) in [6, 6.07) is 7.79. The lowest BCUT2D eigenvalue weighted by atomic mass is 10.1. The molecule has 0 spiro atoms. The summed E-state index contributed by atoms with van der Waals surface area (Å²) in [5.41, 5.74) is 1.52. The van der Waals surface area contributed by atoms with E-state index >= 15 is 0 Å². The second-order valence-electron chi connectivity index (χ2n) is 4.64. The molecule has 6 heteroatoms. The first-order valence-electron chi connectivity index (χ1n) is 6.22. The van der Waals surface area contributed by atoms with Gasteiger partial charge >= 0.3 is 0 Å². The zero-order valence-corrected chi connectivity index (χ0v) is 11.5. The third-order valence-corrected chi connectivity index (χ3v) is 5.30. The van der Waals surface area contributed by atoms with E-state index in [-0.39, 0.29) is 11.4 Å². The van der Waals surface area contributed by atoms with Crippen LogP contribution < -0.4 is 0 Å². The molecule has 3 rings (SSSR count). The Kier molecular flexibility index (Phi) is 3.19. The first-order chi connectivity index (χ1) is 9.61. The van der Waals surface area contributed by atoms with Crippen molar-refractivity contribution in [3.8, 4) is 0 Å². The predicted octanol–water partition coefficient (Wildman–Crippen LogP) is 1.84. The van der Waals surface area contributed by atoms with E-state index in [1.807, 2.05) is 6.07 Å². The molecule has 0 saturated heterocycles. The lowest BCUT2D eigenvalue weighted by Gasteiger charge is -2.25. The Morgan fingerprint density at radius 1 is 1.15 bits per heavy atom. The Hall–Kier alpha value is -1.92. The molecular formula is C14H13NO4S. The van der Waals surface area contributed by atoms with Crippen LogP contribution in [0.15, 0.2) is 45.9 Å². The summed E-state index contributed by atoms with van der Waals surface area (Å²) in [6.45, 7) is 0.685. The van der Waals surface area contributed by atoms with Crippen molar-refractivity contribution in [1.82, 2.24) is 4.31 Å². The number of hydrogen-bond acceptors (Lipinski definition) is 4. The van der Waals surface area contributed by atoms with Crippen molar-refractivity contribution >= 4 is 16.3 Å². The molecule has 0 saturated carbocycles. The topological polar surface area (TPSA) is 67.6 Å². The van der Waals surface area contributed by atoms with Gasteiger partial charge in [-0.1, -0.05) is 12.1 Å². The van der Waals surface area contributed by atoms with Crippen LogP contribution in [-0.4, -0.2) is 25.6 Å². The van der Waals surface area contributed by atoms with Gasteiger partial charge in [-0.2, -0.15) is 4.31 Å². The van der Waals surface area contributed by atoms with Gasteiger partial charge < -0.3 is 4.42 Å². The molecule has 0 atom stereocenters. The van der Waals surface area contributed by atoms with Gasteiger partial charge in [0.1, 0.15) is 12.0 Å². The molecule has 1 aromatic heterocycles. The van der Waals surface area contributed by atoms with Crippen LogP contribution in [0.5, 0.6) is 0 Å². The molecule has 0 bridgehead atoms. The van der Waals surface area contributed by atoms with E-state index in [4.69, 9.17) is 4.42 Å². The summed E-state index contributed by atoms with van der Waals surface area (Å²) in [5, 5.41) is 0. The standard InChI is InChI=1S/C14H13NO4S/c16-10-11-1-3-13(4-2-11)20(17,18)15-7-5-12-6-8-19-14(12)9-15/h1-4,6,8,10H,5,7,9H2. The van der Waals surface area contributed by atoms with Gasteiger partial charge in [-0.15, -0.1) is 0 Å². The number of nitrogens with zero attached hydrogens (tertiary/aromatic N) is 1. The van der Waals surface area contributed by atoms with Gasteiger partial charge in [-0.3, -0.25) is 4.79 Å². The summed E-state index contributed by atoms with van der Waals surface area (Å²) in [5.74, 6) is 0.698. The summed E-state index contributed by atoms with van der Waals surface area (Å²) in [4.78, 5) is 10.8. The molecule has 0 aliphatic carbocycles. The molecule has 2 aromatic rings. The quantitative estimate of drug-likeness (QED) is 0.809. The lowest BCUT2D eigenvalue weighted by Crippen LogP contribution is -2.35. The van der Waals surface area contributed by atoms with E-state index in [2.05, 4.69) is 0 Å². The van der Waals surface area contributed by atoms with Gasteiger partial charge in [-0.25, -0.2) is 8.42 Å². The number of fused-ring (bicyclic) bond motifs is 1. The fourth-order valence-corrected chi connectivity index (χ4v) is 3.68. The Labute approximate surface area is 116 Å². The van der Waals surface area contributed by atoms with Crippen molar-refractivity contribution in [1.29, 1.82) is 0 Å². The van der Waals surface area contributed by atoms with Crippen molar-refractivity contribution in [2.24, 2.45) is 0 Å². The number of furan rings is 1. The van der Waals surface area contributed by atoms with Crippen molar-refractivity contribution in [3.05, 3.63) is 53.5 Å². The number of hydrogen-bond donors (Lipinski definition) is 0. The summed E-state index contributed by atoms with van der Waals surface area (Å²) in [6.07, 6.45) is 2.92. The second kappa shape index (κ2) is 4.88. The number of aldehydes is 1. The third kappa shape index (κ3) is 2.17. The van der Waals surface area contributed by atoms with Crippen LogP contribution in [0.2, 0.25) is 0 Å². The largest absolute Gasteiger partial charge is 0.468 e. The second-order valence-corrected chi connectivity index (χ2v) is 6.58. The van der Waals surface area contributed by atoms with E-state index in [1.165, 1.54) is 28.6 Å². The van der Waals surface area contributed by atoms with Crippen molar-refractivity contribution in [3.63, 3.8) is 0 Å². The number of rotatable bonds is 3. The molecule has 1 aromatic carbocycles. The summed E-state index contributed by atoms with van der Waals surface area (Å²) >= 11 is 0. The number of carbonyl (C=O) groups is 1. The molecule has 104 valence electrons. The van der Waals surface area contributed by atoms with Crippen LogP contribution in [0.1, 0.15) is 21.7 Å². The van der Waals surface area contributed by atoms with Crippen LogP contribution in [0.25, 0.3) is 0 Å². The third-order valence-electron chi connectivity index (χ3n) is 3.44. The summed E-state index contributed by atoms with van der Waals surface area (Å²) < 4.78 is 31.7. The molecule has 1 aliphatic heterocycles. The molecular weight excluding hydrogens is 278 g/mol. The van der Waals surface area contributed by atoms with E-state index in [0.29, 0.717) is 30.6 Å². The minimum absolute atomic E-state index is 0.193. The Morgan fingerprint density at radius 2 is 1.90 bits per heavy atom. The van der Waals surface area contributed by atoms with Gasteiger partial charge in [0.15, 0.2) is 0 Å². The molecule has 2 heterocycles. The molecule has 0 unspecified atom stereocenters. The Morgan fingerprint density at radius 3 is 2.60 bits per heavy atom. The highest BCUT2D eigenvalue weighted by Gasteiger charge is 2.29. The number of carbonyl (C=O) groups excluding carboxylic acids is 1. The van der Waals surface area contributed by atoms with Gasteiger partial charge in [0.2, 0.25) is 10.0 Å². The van der Waals surface area contributed by atoms with Crippen LogP contribution in [0, 0.1) is 0 Å². The minimum Gasteiger partial charge on any atom is -0.468 e. The first kappa shape index (κ1) is 13.1. The van der Waals surface area contributed by atoms with Gasteiger partial charge in [-0.05, 0) is 30.2 Å². The maximum atomic E-state index is 12.5. The van der Waals surface area contributed by atoms with E-state index < -0.39 is 10.0 Å². The predicted molar refractivity (Wildman–Crippen MR) is 71.8 cm³/mol.